The van der Waals surface area contributed by atoms with Crippen molar-refractivity contribution >= 4 is 77.7 Å². The van der Waals surface area contributed by atoms with Crippen molar-refractivity contribution in [3.8, 4) is 16.8 Å². The Morgan fingerprint density at radius 3 is 2.04 bits per heavy atom. The van der Waals surface area contributed by atoms with Gasteiger partial charge in [0.05, 0.1) is 22.4 Å². The molecule has 0 radical (unpaired) electrons. The molecule has 0 spiro atoms. The molecule has 0 fully saturated rings. The molecule has 11 rings (SSSR count). The van der Waals surface area contributed by atoms with Crippen molar-refractivity contribution < 1.29 is 4.42 Å². The molecular weight excluding hydrogens is 645 g/mol. The minimum Gasteiger partial charge on any atom is -0.454 e. The third-order valence-corrected chi connectivity index (χ3v) is 11.0. The summed E-state index contributed by atoms with van der Waals surface area (Å²) in [5.74, 6) is 0. The number of aromatic nitrogens is 1. The number of fused-ring (bicyclic) bond motifs is 9. The molecule has 3 heteroatoms. The lowest BCUT2D eigenvalue weighted by Gasteiger charge is -2.29. The first-order chi connectivity index (χ1) is 26.3. The Bertz CT molecular complexity index is 3050. The summed E-state index contributed by atoms with van der Waals surface area (Å²) in [5, 5.41) is 7.32. The van der Waals surface area contributed by atoms with E-state index in [0.717, 1.165) is 62.9 Å². The summed E-state index contributed by atoms with van der Waals surface area (Å²) in [6, 6.07) is 61.4. The fourth-order valence-electron chi connectivity index (χ4n) is 8.62. The van der Waals surface area contributed by atoms with Crippen LogP contribution in [0.1, 0.15) is 17.5 Å². The van der Waals surface area contributed by atoms with Crippen LogP contribution in [0.5, 0.6) is 0 Å². The van der Waals surface area contributed by atoms with Gasteiger partial charge in [-0.05, 0) is 101 Å². The Balaban J connectivity index is 1.05. The van der Waals surface area contributed by atoms with Gasteiger partial charge in [0.2, 0.25) is 0 Å². The zero-order valence-corrected chi connectivity index (χ0v) is 29.0. The van der Waals surface area contributed by atoms with Crippen LogP contribution in [0.25, 0.3) is 77.4 Å². The molecule has 0 saturated carbocycles. The standard InChI is InChI=1S/C50H34N2O/c1-2-14-36(15-3-1)51(48-32-35-13-4-5-16-38(35)39-17-6-7-18-40(39)48)37-28-25-33(26-29-37)34-27-30-46-44(31-34)41-19-8-10-22-45(41)52(46)47-23-12-21-43-42-20-9-11-24-49(42)53-50(43)47/h1-4,6-15,17-32H,5,16H2. The number of para-hydroxylation sites is 4. The Kier molecular flexibility index (Phi) is 6.68. The zero-order chi connectivity index (χ0) is 34.9. The summed E-state index contributed by atoms with van der Waals surface area (Å²) < 4.78 is 8.87. The molecule has 0 atom stereocenters. The second-order valence-electron chi connectivity index (χ2n) is 14.0. The van der Waals surface area contributed by atoms with E-state index in [1.165, 1.54) is 49.5 Å². The van der Waals surface area contributed by atoms with E-state index in [-0.39, 0.29) is 0 Å². The monoisotopic (exact) mass is 678 g/mol. The minimum absolute atomic E-state index is 0.904. The van der Waals surface area contributed by atoms with Gasteiger partial charge in [-0.3, -0.25) is 0 Å². The van der Waals surface area contributed by atoms with Gasteiger partial charge in [-0.1, -0.05) is 121 Å². The van der Waals surface area contributed by atoms with Crippen LogP contribution in [0.4, 0.5) is 17.1 Å². The number of anilines is 3. The fourth-order valence-corrected chi connectivity index (χ4v) is 8.62. The van der Waals surface area contributed by atoms with E-state index in [0.29, 0.717) is 0 Å². The zero-order valence-electron chi connectivity index (χ0n) is 29.0. The highest BCUT2D eigenvalue weighted by Crippen LogP contribution is 2.44. The van der Waals surface area contributed by atoms with Crippen LogP contribution in [0, 0.1) is 0 Å². The molecule has 2 heterocycles. The predicted octanol–water partition coefficient (Wildman–Crippen LogP) is 13.9. The third-order valence-electron chi connectivity index (χ3n) is 11.0. The maximum Gasteiger partial charge on any atom is 0.159 e. The maximum absolute atomic E-state index is 6.52. The fraction of sp³-hybridized carbons (Fsp3) is 0.0400. The first-order valence-corrected chi connectivity index (χ1v) is 18.4. The number of rotatable bonds is 5. The topological polar surface area (TPSA) is 21.3 Å². The number of nitrogens with zero attached hydrogens (tertiary/aromatic N) is 2. The van der Waals surface area contributed by atoms with E-state index in [1.54, 1.807) is 0 Å². The van der Waals surface area contributed by atoms with Gasteiger partial charge in [0, 0.05) is 38.3 Å². The molecular formula is C50H34N2O. The first-order valence-electron chi connectivity index (χ1n) is 18.4. The summed E-state index contributed by atoms with van der Waals surface area (Å²) in [4.78, 5) is 2.41. The number of allylic oxidation sites excluding steroid dienone is 1. The highest BCUT2D eigenvalue weighted by atomic mass is 16.3. The lowest BCUT2D eigenvalue weighted by Crippen LogP contribution is -2.11. The Morgan fingerprint density at radius 2 is 1.17 bits per heavy atom. The molecule has 0 saturated heterocycles. The molecule has 250 valence electrons. The number of hydrogen-bond donors (Lipinski definition) is 0. The Labute approximate surface area is 307 Å². The third kappa shape index (κ3) is 4.67. The average Bonchev–Trinajstić information content (AvgIpc) is 3.77. The van der Waals surface area contributed by atoms with Crippen LogP contribution in [-0.4, -0.2) is 4.57 Å². The summed E-state index contributed by atoms with van der Waals surface area (Å²) in [7, 11) is 0. The van der Waals surface area contributed by atoms with Crippen molar-refractivity contribution in [1.82, 2.24) is 4.57 Å². The highest BCUT2D eigenvalue weighted by molar-refractivity contribution is 6.13. The Hall–Kier alpha value is -6.84. The molecule has 53 heavy (non-hydrogen) atoms. The van der Waals surface area contributed by atoms with Gasteiger partial charge in [0.25, 0.3) is 0 Å². The predicted molar refractivity (Wildman–Crippen MR) is 223 cm³/mol. The van der Waals surface area contributed by atoms with E-state index in [4.69, 9.17) is 4.42 Å². The van der Waals surface area contributed by atoms with Gasteiger partial charge in [-0.2, -0.15) is 0 Å². The molecule has 0 amide bonds. The summed E-state index contributed by atoms with van der Waals surface area (Å²) >= 11 is 0. The molecule has 0 aliphatic heterocycles. The van der Waals surface area contributed by atoms with E-state index in [9.17, 15) is 0 Å². The van der Waals surface area contributed by atoms with Crippen LogP contribution in [0.2, 0.25) is 0 Å². The van der Waals surface area contributed by atoms with Crippen molar-refractivity contribution in [3.05, 3.63) is 187 Å². The summed E-state index contributed by atoms with van der Waals surface area (Å²) in [5.41, 5.74) is 13.8. The lowest BCUT2D eigenvalue weighted by atomic mass is 9.90. The molecule has 0 bridgehead atoms. The largest absolute Gasteiger partial charge is 0.454 e. The molecule has 10 aromatic rings. The number of benzene rings is 8. The quantitative estimate of drug-likeness (QED) is 0.181. The molecule has 0 unspecified atom stereocenters. The van der Waals surface area contributed by atoms with Crippen molar-refractivity contribution in [2.75, 3.05) is 4.90 Å². The van der Waals surface area contributed by atoms with Crippen LogP contribution in [0.3, 0.4) is 0 Å². The van der Waals surface area contributed by atoms with Gasteiger partial charge in [-0.15, -0.1) is 0 Å². The van der Waals surface area contributed by atoms with Gasteiger partial charge in [-0.25, -0.2) is 0 Å². The number of hydrogen-bond acceptors (Lipinski definition) is 2. The first kappa shape index (κ1) is 29.8. The Morgan fingerprint density at radius 1 is 0.491 bits per heavy atom. The number of furan rings is 1. The van der Waals surface area contributed by atoms with Gasteiger partial charge in [0.1, 0.15) is 5.58 Å². The molecule has 2 aromatic heterocycles. The average molecular weight is 679 g/mol. The van der Waals surface area contributed by atoms with E-state index in [2.05, 4.69) is 179 Å². The van der Waals surface area contributed by atoms with Crippen molar-refractivity contribution in [3.63, 3.8) is 0 Å². The van der Waals surface area contributed by atoms with Crippen LogP contribution in [0.15, 0.2) is 180 Å². The van der Waals surface area contributed by atoms with Gasteiger partial charge < -0.3 is 13.9 Å². The smallest absolute Gasteiger partial charge is 0.159 e. The van der Waals surface area contributed by atoms with E-state index < -0.39 is 0 Å². The minimum atomic E-state index is 0.904. The second-order valence-corrected chi connectivity index (χ2v) is 14.0. The van der Waals surface area contributed by atoms with Crippen LogP contribution in [-0.2, 0) is 6.42 Å². The highest BCUT2D eigenvalue weighted by Gasteiger charge is 2.21. The molecule has 3 nitrogen and oxygen atoms in total. The van der Waals surface area contributed by atoms with Crippen LogP contribution >= 0.6 is 0 Å². The summed E-state index contributed by atoms with van der Waals surface area (Å²) in [6.45, 7) is 0. The molecule has 0 N–H and O–H groups in total. The lowest BCUT2D eigenvalue weighted by molar-refractivity contribution is 0.666. The van der Waals surface area contributed by atoms with Crippen molar-refractivity contribution in [2.24, 2.45) is 0 Å². The van der Waals surface area contributed by atoms with E-state index >= 15 is 0 Å². The van der Waals surface area contributed by atoms with E-state index in [1.807, 2.05) is 12.1 Å². The number of aryl methyl sites for hydroxylation is 1. The molecule has 1 aliphatic carbocycles. The maximum atomic E-state index is 6.52. The SMILES string of the molecule is C1=Cc2cc(N(c3ccccc3)c3ccc(-c4ccc5c(c4)c4ccccc4n5-c4cccc5c4oc4ccccc45)cc3)c3ccccc3c2CC1. The normalized spacial score (nSPS) is 12.7. The van der Waals surface area contributed by atoms with Crippen LogP contribution < -0.4 is 4.90 Å². The van der Waals surface area contributed by atoms with Crippen molar-refractivity contribution in [2.45, 2.75) is 12.8 Å². The summed E-state index contributed by atoms with van der Waals surface area (Å²) in [6.07, 6.45) is 6.76. The van der Waals surface area contributed by atoms with Crippen molar-refractivity contribution in [1.29, 1.82) is 0 Å². The molecule has 8 aromatic carbocycles. The second kappa shape index (κ2) is 11.9. The molecule has 1 aliphatic rings. The van der Waals surface area contributed by atoms with Gasteiger partial charge >= 0.3 is 0 Å². The van der Waals surface area contributed by atoms with Gasteiger partial charge in [0.15, 0.2) is 5.58 Å².